The molecule has 2 aromatic carbocycles. The number of aromatic nitrogens is 1. The van der Waals surface area contributed by atoms with Crippen molar-refractivity contribution in [2.45, 2.75) is 4.90 Å². The van der Waals surface area contributed by atoms with Crippen molar-refractivity contribution in [3.63, 3.8) is 0 Å². The first-order chi connectivity index (χ1) is 11.2. The van der Waals surface area contributed by atoms with Crippen LogP contribution in [0.2, 0.25) is 0 Å². The van der Waals surface area contributed by atoms with Gasteiger partial charge < -0.3 is 4.74 Å². The summed E-state index contributed by atoms with van der Waals surface area (Å²) in [6.45, 7) is 0. The monoisotopic (exact) mass is 324 g/mol. The molecule has 3 aromatic rings. The summed E-state index contributed by atoms with van der Waals surface area (Å²) in [5.41, 5.74) is 3.54. The van der Waals surface area contributed by atoms with Gasteiger partial charge >= 0.3 is 5.97 Å². The molecule has 1 atom stereocenters. The minimum Gasteiger partial charge on any atom is -0.465 e. The summed E-state index contributed by atoms with van der Waals surface area (Å²) >= 11 is 0. The van der Waals surface area contributed by atoms with Gasteiger partial charge in [0.1, 0.15) is 0 Å². The first-order valence-electron chi connectivity index (χ1n) is 6.98. The second-order valence-electron chi connectivity index (χ2n) is 5.10. The van der Waals surface area contributed by atoms with Crippen LogP contribution in [-0.2, 0) is 15.7 Å². The van der Waals surface area contributed by atoms with Gasteiger partial charge in [-0.25, -0.2) is 9.00 Å². The Bertz CT molecular complexity index is 985. The average Bonchev–Trinajstić information content (AvgIpc) is 2.60. The van der Waals surface area contributed by atoms with E-state index in [1.165, 1.54) is 7.11 Å². The second-order valence-corrected chi connectivity index (χ2v) is 6.28. The molecule has 0 saturated heterocycles. The van der Waals surface area contributed by atoms with Gasteiger partial charge in [-0.15, -0.1) is 0 Å². The van der Waals surface area contributed by atoms with Gasteiger partial charge in [-0.1, -0.05) is 30.3 Å². The van der Waals surface area contributed by atoms with E-state index >= 15 is 0 Å². The number of nitrogens with zero attached hydrogens (tertiary/aromatic N) is 1. The van der Waals surface area contributed by atoms with Crippen molar-refractivity contribution < 1.29 is 13.7 Å². The van der Waals surface area contributed by atoms with Gasteiger partial charge in [-0.2, -0.15) is 0 Å². The number of rotatable bonds is 1. The number of ether oxygens (including phenoxy) is 1. The number of hydrogen-bond acceptors (Lipinski definition) is 4. The van der Waals surface area contributed by atoms with Crippen LogP contribution in [-0.4, -0.2) is 22.3 Å². The maximum Gasteiger partial charge on any atom is 0.338 e. The molecule has 2 heterocycles. The van der Waals surface area contributed by atoms with Gasteiger partial charge in [0.25, 0.3) is 0 Å². The van der Waals surface area contributed by atoms with Crippen LogP contribution in [0.3, 0.4) is 0 Å². The van der Waals surface area contributed by atoms with Crippen LogP contribution < -0.4 is 4.72 Å². The smallest absolute Gasteiger partial charge is 0.338 e. The molecule has 0 amide bonds. The zero-order valence-corrected chi connectivity index (χ0v) is 13.0. The van der Waals surface area contributed by atoms with Crippen molar-refractivity contribution >= 4 is 33.5 Å². The summed E-state index contributed by atoms with van der Waals surface area (Å²) in [4.78, 5) is 17.0. The highest BCUT2D eigenvalue weighted by molar-refractivity contribution is 7.86. The Hall–Kier alpha value is -2.73. The molecular formula is C17H12N2O3S. The summed E-state index contributed by atoms with van der Waals surface area (Å²) in [7, 11) is -0.0140. The van der Waals surface area contributed by atoms with E-state index in [1.807, 2.05) is 36.4 Å². The summed E-state index contributed by atoms with van der Waals surface area (Å²) in [6, 6.07) is 12.9. The first-order valence-corrected chi connectivity index (χ1v) is 8.13. The fourth-order valence-corrected chi connectivity index (χ4v) is 3.91. The third kappa shape index (κ3) is 2.03. The predicted octanol–water partition coefficient (Wildman–Crippen LogP) is 3.14. The van der Waals surface area contributed by atoms with Crippen molar-refractivity contribution in [1.29, 1.82) is 0 Å². The summed E-state index contributed by atoms with van der Waals surface area (Å²) in [5.74, 6) is -0.422. The van der Waals surface area contributed by atoms with Crippen LogP contribution in [0.15, 0.2) is 53.6 Å². The zero-order valence-electron chi connectivity index (χ0n) is 12.2. The molecule has 0 spiro atoms. The Labute approximate surface area is 134 Å². The van der Waals surface area contributed by atoms with Gasteiger partial charge in [0, 0.05) is 22.7 Å². The standard InChI is InChI=1S/C17H12N2O3S/c1-22-17(20)13-8-9-18-15-12(13)7-6-11-10-4-2-3-5-14(10)23(21)19-16(11)15/h2-9,19H,1H3. The van der Waals surface area contributed by atoms with Crippen molar-refractivity contribution in [2.24, 2.45) is 0 Å². The Morgan fingerprint density at radius 2 is 1.96 bits per heavy atom. The first kappa shape index (κ1) is 13.9. The lowest BCUT2D eigenvalue weighted by atomic mass is 9.99. The van der Waals surface area contributed by atoms with E-state index in [4.69, 9.17) is 4.74 Å². The van der Waals surface area contributed by atoms with E-state index in [9.17, 15) is 9.00 Å². The quantitative estimate of drug-likeness (QED) is 0.698. The number of carbonyl (C=O) groups excluding carboxylic acids is 1. The van der Waals surface area contributed by atoms with E-state index in [-0.39, 0.29) is 0 Å². The fourth-order valence-electron chi connectivity index (χ4n) is 2.83. The predicted molar refractivity (Wildman–Crippen MR) is 88.5 cm³/mol. The molecule has 6 heteroatoms. The molecule has 0 aliphatic carbocycles. The summed E-state index contributed by atoms with van der Waals surface area (Å²) in [6.07, 6.45) is 1.56. The Morgan fingerprint density at radius 3 is 2.78 bits per heavy atom. The molecule has 0 bridgehead atoms. The number of benzene rings is 2. The number of esters is 1. The van der Waals surface area contributed by atoms with Crippen molar-refractivity contribution in [1.82, 2.24) is 4.98 Å². The van der Waals surface area contributed by atoms with Crippen molar-refractivity contribution in [3.8, 4) is 11.1 Å². The molecule has 1 N–H and O–H groups in total. The molecule has 1 aliphatic rings. The summed E-state index contributed by atoms with van der Waals surface area (Å²) in [5, 5.41) is 0.669. The molecule has 0 radical (unpaired) electrons. The SMILES string of the molecule is COC(=O)c1ccnc2c3c(ccc12)-c1ccccc1S(=O)N3. The van der Waals surface area contributed by atoms with Crippen LogP contribution in [0, 0.1) is 0 Å². The second kappa shape index (κ2) is 5.17. The third-order valence-corrected chi connectivity index (χ3v) is 5.03. The Kier molecular flexibility index (Phi) is 3.12. The van der Waals surface area contributed by atoms with E-state index < -0.39 is 17.0 Å². The molecule has 23 heavy (non-hydrogen) atoms. The van der Waals surface area contributed by atoms with Gasteiger partial charge in [-0.05, 0) is 12.1 Å². The normalized spacial score (nSPS) is 15.4. The topological polar surface area (TPSA) is 68.3 Å². The minimum atomic E-state index is -1.36. The highest BCUT2D eigenvalue weighted by Gasteiger charge is 2.24. The highest BCUT2D eigenvalue weighted by atomic mass is 32.2. The molecule has 0 fully saturated rings. The molecule has 1 unspecified atom stereocenters. The average molecular weight is 324 g/mol. The van der Waals surface area contributed by atoms with Crippen molar-refractivity contribution in [2.75, 3.05) is 11.8 Å². The Balaban J connectivity index is 2.05. The van der Waals surface area contributed by atoms with E-state index in [1.54, 1.807) is 12.3 Å². The number of fused-ring (bicyclic) bond motifs is 5. The number of pyridine rings is 1. The van der Waals surface area contributed by atoms with E-state index in [2.05, 4.69) is 9.71 Å². The lowest BCUT2D eigenvalue weighted by molar-refractivity contribution is 0.0603. The van der Waals surface area contributed by atoms with Crippen LogP contribution in [0.25, 0.3) is 22.0 Å². The number of methoxy groups -OCH3 is 1. The van der Waals surface area contributed by atoms with Gasteiger partial charge in [-0.3, -0.25) is 9.71 Å². The Morgan fingerprint density at radius 1 is 1.13 bits per heavy atom. The van der Waals surface area contributed by atoms with Gasteiger partial charge in [0.15, 0.2) is 11.0 Å². The van der Waals surface area contributed by atoms with Crippen molar-refractivity contribution in [3.05, 3.63) is 54.2 Å². The fraction of sp³-hybridized carbons (Fsp3) is 0.0588. The molecule has 114 valence electrons. The minimum absolute atomic E-state index is 0.422. The molecule has 5 nitrogen and oxygen atoms in total. The molecule has 4 rings (SSSR count). The number of anilines is 1. The molecular weight excluding hydrogens is 312 g/mol. The summed E-state index contributed by atoms with van der Waals surface area (Å²) < 4.78 is 20.3. The maximum atomic E-state index is 12.4. The van der Waals surface area contributed by atoms with Crippen LogP contribution in [0.4, 0.5) is 5.69 Å². The van der Waals surface area contributed by atoms with Crippen LogP contribution in [0.1, 0.15) is 10.4 Å². The lowest BCUT2D eigenvalue weighted by Crippen LogP contribution is -2.13. The number of carbonyl (C=O) groups is 1. The highest BCUT2D eigenvalue weighted by Crippen LogP contribution is 2.41. The van der Waals surface area contributed by atoms with Crippen LogP contribution in [0.5, 0.6) is 0 Å². The van der Waals surface area contributed by atoms with Gasteiger partial charge in [0.2, 0.25) is 0 Å². The van der Waals surface area contributed by atoms with E-state index in [0.29, 0.717) is 22.2 Å². The van der Waals surface area contributed by atoms with E-state index in [0.717, 1.165) is 16.0 Å². The lowest BCUT2D eigenvalue weighted by Gasteiger charge is -2.22. The van der Waals surface area contributed by atoms with Crippen LogP contribution >= 0.6 is 0 Å². The zero-order chi connectivity index (χ0) is 16.0. The number of hydrogen-bond donors (Lipinski definition) is 1. The third-order valence-electron chi connectivity index (χ3n) is 3.89. The van der Waals surface area contributed by atoms with Gasteiger partial charge in [0.05, 0.1) is 28.8 Å². The largest absolute Gasteiger partial charge is 0.465 e. The molecule has 0 saturated carbocycles. The molecule has 1 aliphatic heterocycles. The maximum absolute atomic E-state index is 12.4. The number of nitrogens with one attached hydrogen (secondary N) is 1. The molecule has 1 aromatic heterocycles.